The minimum Gasteiger partial charge on any atom is -0.497 e. The molecule has 0 unspecified atom stereocenters. The van der Waals surface area contributed by atoms with Crippen molar-refractivity contribution in [2.45, 2.75) is 0 Å². The molecule has 0 saturated heterocycles. The minimum atomic E-state index is -0.558. The molecule has 0 aliphatic carbocycles. The topological polar surface area (TPSA) is 112 Å². The maximum Gasteiger partial charge on any atom is 0.311 e. The summed E-state index contributed by atoms with van der Waals surface area (Å²) < 4.78 is 15.2. The predicted molar refractivity (Wildman–Crippen MR) is 93.9 cm³/mol. The summed E-state index contributed by atoms with van der Waals surface area (Å²) in [7, 11) is 2.90. The number of methoxy groups -OCH3 is 2. The molecule has 136 valence electrons. The fraction of sp³-hybridized carbons (Fsp3) is 0.176. The molecule has 0 atom stereocenters. The molecule has 1 N–H and O–H groups in total. The summed E-state index contributed by atoms with van der Waals surface area (Å²) in [6.07, 6.45) is 1.29. The third-order valence-electron chi connectivity index (χ3n) is 3.23. The Morgan fingerprint density at radius 2 is 1.85 bits per heavy atom. The number of amides is 1. The first-order valence-electron chi connectivity index (χ1n) is 7.44. The van der Waals surface area contributed by atoms with E-state index in [0.717, 1.165) is 0 Å². The van der Waals surface area contributed by atoms with Gasteiger partial charge in [0.05, 0.1) is 25.4 Å². The van der Waals surface area contributed by atoms with Crippen LogP contribution in [0.1, 0.15) is 5.56 Å². The van der Waals surface area contributed by atoms with E-state index in [0.29, 0.717) is 17.1 Å². The molecule has 0 saturated carbocycles. The zero-order valence-corrected chi connectivity index (χ0v) is 14.2. The Hall–Kier alpha value is -3.62. The Morgan fingerprint density at radius 3 is 2.46 bits per heavy atom. The molecular formula is C17H17N3O6. The number of rotatable bonds is 8. The monoisotopic (exact) mass is 359 g/mol. The molecule has 0 bridgehead atoms. The molecule has 0 fully saturated rings. The average molecular weight is 359 g/mol. The average Bonchev–Trinajstić information content (AvgIpc) is 2.66. The lowest BCUT2D eigenvalue weighted by Gasteiger charge is -2.06. The van der Waals surface area contributed by atoms with Crippen LogP contribution >= 0.6 is 0 Å². The van der Waals surface area contributed by atoms with Crippen molar-refractivity contribution in [2.24, 2.45) is 5.10 Å². The summed E-state index contributed by atoms with van der Waals surface area (Å²) in [5.41, 5.74) is 2.53. The number of benzene rings is 2. The van der Waals surface area contributed by atoms with E-state index >= 15 is 0 Å². The van der Waals surface area contributed by atoms with E-state index in [9.17, 15) is 14.9 Å². The summed E-state index contributed by atoms with van der Waals surface area (Å²) in [6.45, 7) is -0.230. The minimum absolute atomic E-state index is 0.143. The number of nitrogens with one attached hydrogen (secondary N) is 1. The van der Waals surface area contributed by atoms with Crippen LogP contribution in [0, 0.1) is 10.1 Å². The molecule has 9 heteroatoms. The molecular weight excluding hydrogens is 342 g/mol. The third kappa shape index (κ3) is 5.20. The standard InChI is InChI=1S/C17H17N3O6/c1-24-13-4-6-14(7-5-13)26-11-17(21)19-18-10-12-3-8-16(25-2)15(9-12)20(22)23/h3-10H,11H2,1-2H3,(H,19,21)/b18-10-. The van der Waals surface area contributed by atoms with E-state index in [1.165, 1.54) is 25.5 Å². The number of nitro benzene ring substituents is 1. The SMILES string of the molecule is COc1ccc(OCC(=O)N/N=C\c2ccc(OC)c([N+](=O)[O-])c2)cc1. The maximum absolute atomic E-state index is 11.7. The molecule has 0 aliphatic heterocycles. The van der Waals surface area contributed by atoms with Gasteiger partial charge in [-0.05, 0) is 36.4 Å². The maximum atomic E-state index is 11.7. The van der Waals surface area contributed by atoms with Crippen molar-refractivity contribution >= 4 is 17.8 Å². The van der Waals surface area contributed by atoms with Gasteiger partial charge < -0.3 is 14.2 Å². The van der Waals surface area contributed by atoms with Crippen molar-refractivity contribution in [3.63, 3.8) is 0 Å². The highest BCUT2D eigenvalue weighted by molar-refractivity contribution is 5.84. The van der Waals surface area contributed by atoms with Gasteiger partial charge in [-0.2, -0.15) is 5.10 Å². The molecule has 0 spiro atoms. The Labute approximate surface area is 149 Å². The van der Waals surface area contributed by atoms with Crippen LogP contribution in [-0.2, 0) is 4.79 Å². The van der Waals surface area contributed by atoms with Gasteiger partial charge in [-0.15, -0.1) is 0 Å². The lowest BCUT2D eigenvalue weighted by molar-refractivity contribution is -0.385. The number of carbonyl (C=O) groups excluding carboxylic acids is 1. The molecule has 26 heavy (non-hydrogen) atoms. The van der Waals surface area contributed by atoms with Crippen molar-refractivity contribution in [3.8, 4) is 17.2 Å². The van der Waals surface area contributed by atoms with Gasteiger partial charge in [0.15, 0.2) is 12.4 Å². The van der Waals surface area contributed by atoms with Crippen molar-refractivity contribution < 1.29 is 23.9 Å². The van der Waals surface area contributed by atoms with E-state index in [-0.39, 0.29) is 18.0 Å². The highest BCUT2D eigenvalue weighted by Crippen LogP contribution is 2.26. The zero-order chi connectivity index (χ0) is 18.9. The molecule has 1 amide bonds. The van der Waals surface area contributed by atoms with Gasteiger partial charge in [0.1, 0.15) is 11.5 Å². The van der Waals surface area contributed by atoms with Gasteiger partial charge in [-0.25, -0.2) is 5.43 Å². The smallest absolute Gasteiger partial charge is 0.311 e. The van der Waals surface area contributed by atoms with Crippen LogP contribution in [0.15, 0.2) is 47.6 Å². The number of hydrazone groups is 1. The number of hydrogen-bond donors (Lipinski definition) is 1. The Kier molecular flexibility index (Phi) is 6.49. The van der Waals surface area contributed by atoms with E-state index in [1.54, 1.807) is 37.4 Å². The molecule has 9 nitrogen and oxygen atoms in total. The predicted octanol–water partition coefficient (Wildman–Crippen LogP) is 2.14. The summed E-state index contributed by atoms with van der Waals surface area (Å²) >= 11 is 0. The van der Waals surface area contributed by atoms with E-state index in [1.807, 2.05) is 0 Å². The van der Waals surface area contributed by atoms with E-state index < -0.39 is 10.8 Å². The molecule has 2 rings (SSSR count). The van der Waals surface area contributed by atoms with Gasteiger partial charge in [0.2, 0.25) is 0 Å². The van der Waals surface area contributed by atoms with Gasteiger partial charge in [-0.3, -0.25) is 14.9 Å². The van der Waals surface area contributed by atoms with Crippen LogP contribution in [0.25, 0.3) is 0 Å². The van der Waals surface area contributed by atoms with Gasteiger partial charge in [0.25, 0.3) is 5.91 Å². The highest BCUT2D eigenvalue weighted by atomic mass is 16.6. The second kappa shape index (κ2) is 9.02. The normalized spacial score (nSPS) is 10.4. The van der Waals surface area contributed by atoms with Crippen LogP contribution in [-0.4, -0.2) is 37.9 Å². The fourth-order valence-corrected chi connectivity index (χ4v) is 1.96. The van der Waals surface area contributed by atoms with Gasteiger partial charge in [-0.1, -0.05) is 0 Å². The number of nitro groups is 1. The van der Waals surface area contributed by atoms with Crippen LogP contribution in [0.3, 0.4) is 0 Å². The number of hydrogen-bond acceptors (Lipinski definition) is 7. The summed E-state index contributed by atoms with van der Waals surface area (Å²) in [4.78, 5) is 22.1. The van der Waals surface area contributed by atoms with Gasteiger partial charge in [0, 0.05) is 11.6 Å². The molecule has 2 aromatic rings. The van der Waals surface area contributed by atoms with Crippen LogP contribution in [0.5, 0.6) is 17.2 Å². The third-order valence-corrected chi connectivity index (χ3v) is 3.23. The van der Waals surface area contributed by atoms with Crippen molar-refractivity contribution in [1.29, 1.82) is 0 Å². The molecule has 2 aromatic carbocycles. The van der Waals surface area contributed by atoms with Crippen molar-refractivity contribution in [1.82, 2.24) is 5.43 Å². The lowest BCUT2D eigenvalue weighted by atomic mass is 10.2. The molecule has 0 heterocycles. The van der Waals surface area contributed by atoms with Crippen LogP contribution < -0.4 is 19.6 Å². The highest BCUT2D eigenvalue weighted by Gasteiger charge is 2.14. The largest absolute Gasteiger partial charge is 0.497 e. The quantitative estimate of drug-likeness (QED) is 0.439. The number of carbonyl (C=O) groups is 1. The summed E-state index contributed by atoms with van der Waals surface area (Å²) in [5.74, 6) is 0.861. The first-order valence-corrected chi connectivity index (χ1v) is 7.44. The Balaban J connectivity index is 1.88. The van der Waals surface area contributed by atoms with Crippen LogP contribution in [0.2, 0.25) is 0 Å². The zero-order valence-electron chi connectivity index (χ0n) is 14.2. The second-order valence-electron chi connectivity index (χ2n) is 4.95. The number of nitrogens with zero attached hydrogens (tertiary/aromatic N) is 2. The van der Waals surface area contributed by atoms with Gasteiger partial charge >= 0.3 is 5.69 Å². The van der Waals surface area contributed by atoms with E-state index in [2.05, 4.69) is 10.5 Å². The van der Waals surface area contributed by atoms with Crippen LogP contribution in [0.4, 0.5) is 5.69 Å². The fourth-order valence-electron chi connectivity index (χ4n) is 1.96. The Morgan fingerprint density at radius 1 is 1.15 bits per heavy atom. The number of ether oxygens (including phenoxy) is 3. The second-order valence-corrected chi connectivity index (χ2v) is 4.95. The molecule has 0 aromatic heterocycles. The summed E-state index contributed by atoms with van der Waals surface area (Å²) in [5, 5.41) is 14.7. The first kappa shape index (κ1) is 18.7. The van der Waals surface area contributed by atoms with E-state index in [4.69, 9.17) is 14.2 Å². The first-order chi connectivity index (χ1) is 12.5. The summed E-state index contributed by atoms with van der Waals surface area (Å²) in [6, 6.07) is 11.1. The molecule has 0 aliphatic rings. The molecule has 0 radical (unpaired) electrons. The lowest BCUT2D eigenvalue weighted by Crippen LogP contribution is -2.24. The Bertz CT molecular complexity index is 805. The van der Waals surface area contributed by atoms with Crippen molar-refractivity contribution in [2.75, 3.05) is 20.8 Å². The van der Waals surface area contributed by atoms with Crippen molar-refractivity contribution in [3.05, 3.63) is 58.1 Å².